The summed E-state index contributed by atoms with van der Waals surface area (Å²) >= 11 is 1.06. The summed E-state index contributed by atoms with van der Waals surface area (Å²) < 4.78 is 33.5. The second kappa shape index (κ2) is 38.8. The van der Waals surface area contributed by atoms with E-state index in [4.69, 9.17) is 28.4 Å². The number of aliphatic carboxylic acids is 1. The van der Waals surface area contributed by atoms with E-state index in [1.165, 1.54) is 38.3 Å². The van der Waals surface area contributed by atoms with Gasteiger partial charge >= 0.3 is 17.9 Å². The number of allylic oxidation sites excluding steroid dienone is 1. The van der Waals surface area contributed by atoms with Gasteiger partial charge in [-0.05, 0) is 81.7 Å². The standard InChI is InChI=1S/C61H90N10O17S/c1-37(2)48(71(10)60(80)55(38(3)4)69-58(79)47-13-11-12-22-70(47)9)34-50(87-42(8)72)59-68-46(36-89-59)57(78)66-44(31-39(5)61(81)82)32-43-15-16-49-45(33-43)67-53(75)35-64-56(77)41(7)65-52(74)18-23-83-27-29-85-25-20-62-40(6)14-17-51(73)63-21-26-86-30-28-84-24-19-54(76)88-49/h15-16,33,36-39,41,44,47-48,50,55,62H,6,11-13,18-32,34-35H2,1-5,7-10H3,(H,63,73)(H,64,77)(H,65,74)(H,66,78)(H,67,75)(H,69,79)(H,81,82)/t39?,41?,44-,47-,48-,50-,55+/m1/s1. The molecule has 8 N–H and O–H groups in total. The zero-order chi connectivity index (χ0) is 65.6. The molecule has 2 aliphatic rings. The Balaban J connectivity index is 1.52. The summed E-state index contributed by atoms with van der Waals surface area (Å²) in [6.45, 7) is 17.3. The number of anilines is 1. The smallest absolute Gasteiger partial charge is 0.313 e. The molecule has 1 aromatic carbocycles. The highest BCUT2D eigenvalue weighted by molar-refractivity contribution is 7.09. The second-order valence-corrected chi connectivity index (χ2v) is 23.3. The number of carbonyl (C=O) groups excluding carboxylic acids is 9. The van der Waals surface area contributed by atoms with E-state index in [2.05, 4.69) is 60.6 Å². The van der Waals surface area contributed by atoms with E-state index in [0.29, 0.717) is 24.2 Å². The summed E-state index contributed by atoms with van der Waals surface area (Å²) in [7, 11) is 3.55. The fourth-order valence-corrected chi connectivity index (χ4v) is 10.3. The van der Waals surface area contributed by atoms with Crippen LogP contribution >= 0.6 is 11.3 Å². The van der Waals surface area contributed by atoms with Gasteiger partial charge in [0.15, 0.2) is 11.9 Å². The van der Waals surface area contributed by atoms with Gasteiger partial charge < -0.3 is 75.6 Å². The molecule has 1 aromatic heterocycles. The summed E-state index contributed by atoms with van der Waals surface area (Å²) in [4.78, 5) is 140. The van der Waals surface area contributed by atoms with Gasteiger partial charge in [0.05, 0.1) is 89.2 Å². The maximum absolute atomic E-state index is 14.3. The van der Waals surface area contributed by atoms with Crippen LogP contribution in [0.4, 0.5) is 5.69 Å². The maximum Gasteiger partial charge on any atom is 0.313 e. The number of nitrogens with one attached hydrogen (secondary N) is 7. The van der Waals surface area contributed by atoms with Crippen molar-refractivity contribution in [1.82, 2.24) is 46.7 Å². The molecule has 1 saturated heterocycles. The molecule has 7 atom stereocenters. The van der Waals surface area contributed by atoms with Gasteiger partial charge in [0, 0.05) is 63.3 Å². The number of hydrogen-bond donors (Lipinski definition) is 8. The van der Waals surface area contributed by atoms with Crippen LogP contribution < -0.4 is 42.0 Å². The van der Waals surface area contributed by atoms with Gasteiger partial charge in [-0.25, -0.2) is 4.98 Å². The number of likely N-dealkylation sites (N-methyl/N-ethyl adjacent to an activating group) is 2. The van der Waals surface area contributed by atoms with E-state index in [-0.39, 0.29) is 143 Å². The Kier molecular flexibility index (Phi) is 32.2. The van der Waals surface area contributed by atoms with E-state index in [1.807, 2.05) is 39.6 Å². The average Bonchev–Trinajstić information content (AvgIpc) is 3.68. The lowest BCUT2D eigenvalue weighted by Crippen LogP contribution is -2.57. The highest BCUT2D eigenvalue weighted by atomic mass is 32.1. The molecular weight excluding hydrogens is 1180 g/mol. The van der Waals surface area contributed by atoms with Crippen molar-refractivity contribution in [3.8, 4) is 17.6 Å². The third-order valence-corrected chi connectivity index (χ3v) is 15.4. The van der Waals surface area contributed by atoms with Crippen molar-refractivity contribution < 1.29 is 81.5 Å². The van der Waals surface area contributed by atoms with Gasteiger partial charge in [-0.3, -0.25) is 52.8 Å². The van der Waals surface area contributed by atoms with E-state index in [9.17, 15) is 53.1 Å². The Morgan fingerprint density at radius 2 is 1.52 bits per heavy atom. The maximum atomic E-state index is 14.3. The van der Waals surface area contributed by atoms with E-state index in [1.54, 1.807) is 18.0 Å². The molecule has 2 aliphatic heterocycles. The van der Waals surface area contributed by atoms with Gasteiger partial charge in [-0.1, -0.05) is 53.7 Å². The van der Waals surface area contributed by atoms with Crippen LogP contribution in [0.3, 0.4) is 0 Å². The molecule has 28 heteroatoms. The molecule has 0 spiro atoms. The van der Waals surface area contributed by atoms with Crippen LogP contribution in [0, 0.1) is 29.6 Å². The predicted molar refractivity (Wildman–Crippen MR) is 328 cm³/mol. The minimum absolute atomic E-state index is 0.0177. The third kappa shape index (κ3) is 27.0. The van der Waals surface area contributed by atoms with Crippen LogP contribution in [-0.2, 0) is 73.3 Å². The Labute approximate surface area is 524 Å². The number of carboxylic acids is 1. The Hall–Kier alpha value is -7.55. The zero-order valence-corrected chi connectivity index (χ0v) is 53.4. The molecular formula is C61H90N10O17S. The molecule has 3 heterocycles. The van der Waals surface area contributed by atoms with E-state index < -0.39 is 90.2 Å². The van der Waals surface area contributed by atoms with Crippen LogP contribution in [0.2, 0.25) is 0 Å². The molecule has 4 rings (SSSR count). The number of amides is 7. The van der Waals surface area contributed by atoms with Crippen molar-refractivity contribution in [1.29, 1.82) is 0 Å². The number of likely N-dealkylation sites (tertiary alicyclic amines) is 1. The van der Waals surface area contributed by atoms with Crippen molar-refractivity contribution in [3.05, 3.63) is 52.1 Å². The van der Waals surface area contributed by atoms with E-state index >= 15 is 0 Å². The van der Waals surface area contributed by atoms with Gasteiger partial charge in [0.1, 0.15) is 22.8 Å². The van der Waals surface area contributed by atoms with Gasteiger partial charge in [-0.2, -0.15) is 0 Å². The summed E-state index contributed by atoms with van der Waals surface area (Å²) in [5.74, 6) is -2.61. The SMILES string of the molecule is C=C1C#CC(=O)NCCOCCOCCC(=O)Oc2ccc(C[C@@H](CC(C)C(=O)O)NC(=O)c3csc([C@@H](C[C@H](C(C)C)N(C)C(=O)[C@@H](NC(=O)[C@H]4CCCCN4C)C(C)C)OC(C)=O)n3)cc2NC(=O)CNC(=O)C(C)NC(=O)CCOCCOCCN1. The molecule has 1 fully saturated rings. The molecule has 2 aromatic rings. The first-order valence-electron chi connectivity index (χ1n) is 30.0. The molecule has 89 heavy (non-hydrogen) atoms. The summed E-state index contributed by atoms with van der Waals surface area (Å²) in [5.41, 5.74) is 0.679. The van der Waals surface area contributed by atoms with Crippen LogP contribution in [0.5, 0.6) is 5.75 Å². The highest BCUT2D eigenvalue weighted by Gasteiger charge is 2.37. The highest BCUT2D eigenvalue weighted by Crippen LogP contribution is 2.32. The van der Waals surface area contributed by atoms with Crippen molar-refractivity contribution in [3.63, 3.8) is 0 Å². The molecule has 0 saturated carbocycles. The molecule has 0 aliphatic carbocycles. The lowest BCUT2D eigenvalue weighted by Gasteiger charge is -2.37. The third-order valence-electron chi connectivity index (χ3n) is 14.4. The second-order valence-electron chi connectivity index (χ2n) is 22.5. The first kappa shape index (κ1) is 73.9. The quantitative estimate of drug-likeness (QED) is 0.0639. The summed E-state index contributed by atoms with van der Waals surface area (Å²) in [6.07, 6.45) is 1.28. The lowest BCUT2D eigenvalue weighted by atomic mass is 9.94. The molecule has 7 amide bonds. The van der Waals surface area contributed by atoms with Gasteiger partial charge in [0.2, 0.25) is 29.5 Å². The number of fused-ring (bicyclic) bond motifs is 1. The largest absolute Gasteiger partial charge is 0.481 e. The number of ether oxygens (including phenoxy) is 6. The van der Waals surface area contributed by atoms with Gasteiger partial charge in [-0.15, -0.1) is 11.3 Å². The number of thiazole rings is 1. The van der Waals surface area contributed by atoms with Crippen LogP contribution in [-0.4, -0.2) is 202 Å². The summed E-state index contributed by atoms with van der Waals surface area (Å²) in [6, 6.07) is 0.796. The number of benzene rings is 1. The minimum atomic E-state index is -1.14. The van der Waals surface area contributed by atoms with Crippen molar-refractivity contribution in [2.45, 2.75) is 136 Å². The Morgan fingerprint density at radius 3 is 2.16 bits per heavy atom. The van der Waals surface area contributed by atoms with Crippen LogP contribution in [0.15, 0.2) is 35.9 Å². The monoisotopic (exact) mass is 1270 g/mol. The molecule has 27 nitrogen and oxygen atoms in total. The number of carbonyl (C=O) groups is 10. The van der Waals surface area contributed by atoms with Crippen LogP contribution in [0.1, 0.15) is 121 Å². The Morgan fingerprint density at radius 1 is 0.854 bits per heavy atom. The zero-order valence-electron chi connectivity index (χ0n) is 52.6. The number of carboxylic acid groups (broad SMARTS) is 1. The molecule has 2 unspecified atom stereocenters. The van der Waals surface area contributed by atoms with Crippen molar-refractivity contribution >= 4 is 76.3 Å². The average molecular weight is 1270 g/mol. The molecule has 0 bridgehead atoms. The van der Waals surface area contributed by atoms with Gasteiger partial charge in [0.25, 0.3) is 11.8 Å². The topological polar surface area (TPSA) is 350 Å². The molecule has 492 valence electrons. The number of aromatic nitrogens is 1. The number of nitrogens with zero attached hydrogens (tertiary/aromatic N) is 3. The van der Waals surface area contributed by atoms with E-state index in [0.717, 1.165) is 30.7 Å². The number of piperidine rings is 1. The predicted octanol–water partition coefficient (Wildman–Crippen LogP) is 2.25. The normalized spacial score (nSPS) is 20.0. The fraction of sp³-hybridized carbons (Fsp3) is 0.623. The van der Waals surface area contributed by atoms with Crippen LogP contribution in [0.25, 0.3) is 0 Å². The minimum Gasteiger partial charge on any atom is -0.481 e. The first-order chi connectivity index (χ1) is 42.3. The number of hydrogen-bond acceptors (Lipinski definition) is 20. The number of rotatable bonds is 17. The lowest BCUT2D eigenvalue weighted by molar-refractivity contribution is -0.149. The summed E-state index contributed by atoms with van der Waals surface area (Å²) in [5, 5.41) is 30.9. The van der Waals surface area contributed by atoms with Crippen molar-refractivity contribution in [2.75, 3.05) is 98.4 Å². The fourth-order valence-electron chi connectivity index (χ4n) is 9.51. The first-order valence-corrected chi connectivity index (χ1v) is 30.9. The van der Waals surface area contributed by atoms with Crippen molar-refractivity contribution in [2.24, 2.45) is 17.8 Å². The molecule has 0 radical (unpaired) electrons. The Bertz CT molecular complexity index is 2800. The number of esters is 2.